The summed E-state index contributed by atoms with van der Waals surface area (Å²) < 4.78 is 89.2. The van der Waals surface area contributed by atoms with Gasteiger partial charge < -0.3 is 9.84 Å². The number of halogens is 4. The van der Waals surface area contributed by atoms with E-state index in [1.807, 2.05) is 6.08 Å². The van der Waals surface area contributed by atoms with Crippen LogP contribution in [-0.2, 0) is 16.2 Å². The standard InChI is InChI=1S/C26H24F4N2O5S2/c1-25(2)8-6-14(7-9-25)16-5-4-15(10-18(16)26(28,29)30)23-31-22(13-38-23)39(35,36)32-20-12-19(27)17(24(33)34)11-21(20)37-3/h4-6,10-13,32H,7-9H2,1-3H3,(H,33,34). The van der Waals surface area contributed by atoms with Crippen LogP contribution in [0.2, 0.25) is 0 Å². The molecule has 4 rings (SSSR count). The first-order chi connectivity index (χ1) is 18.1. The van der Waals surface area contributed by atoms with E-state index in [9.17, 15) is 30.8 Å². The Labute approximate surface area is 226 Å². The van der Waals surface area contributed by atoms with Crippen LogP contribution in [0.15, 0.2) is 46.8 Å². The Hall–Kier alpha value is -3.45. The summed E-state index contributed by atoms with van der Waals surface area (Å²) in [6.07, 6.45) is -0.871. The van der Waals surface area contributed by atoms with Gasteiger partial charge in [-0.05, 0) is 47.9 Å². The second-order valence-corrected chi connectivity index (χ2v) is 12.3. The molecule has 0 atom stereocenters. The number of carboxylic acids is 1. The Morgan fingerprint density at radius 3 is 2.51 bits per heavy atom. The van der Waals surface area contributed by atoms with E-state index in [4.69, 9.17) is 9.84 Å². The molecule has 0 radical (unpaired) electrons. The minimum absolute atomic E-state index is 0.0206. The number of aromatic nitrogens is 1. The molecule has 1 aliphatic carbocycles. The van der Waals surface area contributed by atoms with Crippen molar-refractivity contribution >= 4 is 38.6 Å². The number of nitrogens with zero attached hydrogens (tertiary/aromatic N) is 1. The molecule has 13 heteroatoms. The van der Waals surface area contributed by atoms with Crippen molar-refractivity contribution in [3.8, 4) is 16.3 Å². The fourth-order valence-corrected chi connectivity index (χ4v) is 6.34. The molecule has 39 heavy (non-hydrogen) atoms. The third kappa shape index (κ3) is 6.09. The van der Waals surface area contributed by atoms with Crippen molar-refractivity contribution < 1.29 is 40.6 Å². The van der Waals surface area contributed by atoms with Gasteiger partial charge in [0, 0.05) is 17.0 Å². The zero-order chi connectivity index (χ0) is 28.8. The Kier molecular flexibility index (Phi) is 7.52. The number of alkyl halides is 3. The summed E-state index contributed by atoms with van der Waals surface area (Å²) in [6.45, 7) is 4.13. The Balaban J connectivity index is 1.67. The molecule has 1 aromatic heterocycles. The lowest BCUT2D eigenvalue weighted by Gasteiger charge is -2.29. The van der Waals surface area contributed by atoms with Gasteiger partial charge in [-0.1, -0.05) is 32.1 Å². The lowest BCUT2D eigenvalue weighted by Crippen LogP contribution is -2.16. The molecule has 1 aliphatic rings. The van der Waals surface area contributed by atoms with Crippen LogP contribution in [0.1, 0.15) is 54.6 Å². The number of aromatic carboxylic acids is 1. The zero-order valence-corrected chi connectivity index (χ0v) is 22.7. The summed E-state index contributed by atoms with van der Waals surface area (Å²) in [4.78, 5) is 15.2. The fourth-order valence-electron chi connectivity index (χ4n) is 4.19. The topological polar surface area (TPSA) is 106 Å². The number of thiazole rings is 1. The number of ether oxygens (including phenoxy) is 1. The second kappa shape index (κ2) is 10.3. The van der Waals surface area contributed by atoms with Crippen molar-refractivity contribution in [1.82, 2.24) is 4.98 Å². The van der Waals surface area contributed by atoms with Crippen molar-refractivity contribution in [2.45, 2.75) is 44.3 Å². The van der Waals surface area contributed by atoms with Crippen LogP contribution in [-0.4, -0.2) is 31.6 Å². The van der Waals surface area contributed by atoms with Crippen LogP contribution in [0.3, 0.4) is 0 Å². The van der Waals surface area contributed by atoms with Gasteiger partial charge in [-0.2, -0.15) is 21.6 Å². The largest absolute Gasteiger partial charge is 0.495 e. The molecular formula is C26H24F4N2O5S2. The van der Waals surface area contributed by atoms with Gasteiger partial charge in [0.1, 0.15) is 16.6 Å². The van der Waals surface area contributed by atoms with E-state index in [1.54, 1.807) is 0 Å². The molecule has 7 nitrogen and oxygen atoms in total. The molecule has 0 spiro atoms. The lowest BCUT2D eigenvalue weighted by molar-refractivity contribution is -0.137. The number of carboxylic acid groups (broad SMARTS) is 1. The predicted molar refractivity (Wildman–Crippen MR) is 139 cm³/mol. The zero-order valence-electron chi connectivity index (χ0n) is 21.0. The van der Waals surface area contributed by atoms with Gasteiger partial charge >= 0.3 is 12.1 Å². The SMILES string of the molecule is COc1cc(C(=O)O)c(F)cc1NS(=O)(=O)c1csc(-c2ccc(C3=CCC(C)(C)CC3)c(C(F)(F)F)c2)n1. The monoisotopic (exact) mass is 584 g/mol. The number of methoxy groups -OCH3 is 1. The number of carbonyl (C=O) groups is 1. The van der Waals surface area contributed by atoms with Crippen molar-refractivity contribution in [1.29, 1.82) is 0 Å². The van der Waals surface area contributed by atoms with Crippen molar-refractivity contribution in [2.75, 3.05) is 11.8 Å². The van der Waals surface area contributed by atoms with E-state index in [0.717, 1.165) is 42.4 Å². The average Bonchev–Trinajstić information content (AvgIpc) is 3.34. The van der Waals surface area contributed by atoms with E-state index in [1.165, 1.54) is 12.1 Å². The van der Waals surface area contributed by atoms with E-state index < -0.39 is 44.1 Å². The summed E-state index contributed by atoms with van der Waals surface area (Å²) in [7, 11) is -3.29. The highest BCUT2D eigenvalue weighted by atomic mass is 32.2. The van der Waals surface area contributed by atoms with Crippen LogP contribution in [0.25, 0.3) is 16.1 Å². The molecule has 0 amide bonds. The van der Waals surface area contributed by atoms with Crippen molar-refractivity contribution in [2.24, 2.45) is 5.41 Å². The van der Waals surface area contributed by atoms with Gasteiger partial charge in [-0.25, -0.2) is 14.2 Å². The first-order valence-corrected chi connectivity index (χ1v) is 14.0. The van der Waals surface area contributed by atoms with Gasteiger partial charge in [0.25, 0.3) is 10.0 Å². The molecule has 2 aromatic carbocycles. The van der Waals surface area contributed by atoms with E-state index in [-0.39, 0.29) is 33.0 Å². The maximum Gasteiger partial charge on any atom is 0.417 e. The van der Waals surface area contributed by atoms with Crippen LogP contribution >= 0.6 is 11.3 Å². The van der Waals surface area contributed by atoms with Gasteiger partial charge in [-0.15, -0.1) is 11.3 Å². The highest BCUT2D eigenvalue weighted by Gasteiger charge is 2.36. The van der Waals surface area contributed by atoms with Crippen LogP contribution in [0, 0.1) is 11.2 Å². The number of benzene rings is 2. The highest BCUT2D eigenvalue weighted by molar-refractivity contribution is 7.92. The third-order valence-corrected chi connectivity index (χ3v) is 8.70. The molecule has 0 unspecified atom stereocenters. The number of hydrogen-bond acceptors (Lipinski definition) is 6. The number of hydrogen-bond donors (Lipinski definition) is 2. The summed E-state index contributed by atoms with van der Waals surface area (Å²) in [6, 6.07) is 5.29. The summed E-state index contributed by atoms with van der Waals surface area (Å²) in [5, 5.41) is 9.72. The average molecular weight is 585 g/mol. The molecule has 0 fully saturated rings. The number of rotatable bonds is 7. The van der Waals surface area contributed by atoms with E-state index in [0.29, 0.717) is 24.5 Å². The van der Waals surface area contributed by atoms with E-state index in [2.05, 4.69) is 23.6 Å². The number of nitrogens with one attached hydrogen (secondary N) is 1. The minimum atomic E-state index is -4.64. The molecule has 0 saturated heterocycles. The normalized spacial score (nSPS) is 15.5. The predicted octanol–water partition coefficient (Wildman–Crippen LogP) is 7.07. The molecule has 2 N–H and O–H groups in total. The van der Waals surface area contributed by atoms with Gasteiger partial charge in [0.05, 0.1) is 23.9 Å². The van der Waals surface area contributed by atoms with Gasteiger partial charge in [-0.3, -0.25) is 4.72 Å². The number of sulfonamides is 1. The quantitative estimate of drug-likeness (QED) is 0.288. The maximum atomic E-state index is 14.2. The van der Waals surface area contributed by atoms with Gasteiger partial charge in [0.15, 0.2) is 5.03 Å². The van der Waals surface area contributed by atoms with Crippen LogP contribution < -0.4 is 9.46 Å². The lowest BCUT2D eigenvalue weighted by atomic mass is 9.76. The molecule has 3 aromatic rings. The Bertz CT molecular complexity index is 1580. The minimum Gasteiger partial charge on any atom is -0.495 e. The number of anilines is 1. The van der Waals surface area contributed by atoms with Crippen LogP contribution in [0.4, 0.5) is 23.2 Å². The summed E-state index contributed by atoms with van der Waals surface area (Å²) in [5.41, 5.74) is -1.11. The maximum absolute atomic E-state index is 14.2. The number of allylic oxidation sites excluding steroid dienone is 2. The summed E-state index contributed by atoms with van der Waals surface area (Å²) in [5.74, 6) is -3.02. The highest BCUT2D eigenvalue weighted by Crippen LogP contribution is 2.43. The molecule has 1 heterocycles. The smallest absolute Gasteiger partial charge is 0.417 e. The molecular weight excluding hydrogens is 560 g/mol. The molecule has 0 saturated carbocycles. The molecule has 208 valence electrons. The Morgan fingerprint density at radius 1 is 1.21 bits per heavy atom. The molecule has 0 bridgehead atoms. The van der Waals surface area contributed by atoms with Crippen molar-refractivity contribution in [3.63, 3.8) is 0 Å². The second-order valence-electron chi connectivity index (χ2n) is 9.79. The van der Waals surface area contributed by atoms with Gasteiger partial charge in [0.2, 0.25) is 0 Å². The first kappa shape index (κ1) is 28.6. The van der Waals surface area contributed by atoms with Crippen LogP contribution in [0.5, 0.6) is 5.75 Å². The molecule has 0 aliphatic heterocycles. The third-order valence-electron chi connectivity index (χ3n) is 6.41. The Morgan fingerprint density at radius 2 is 1.92 bits per heavy atom. The fraction of sp³-hybridized carbons (Fsp3) is 0.308. The first-order valence-electron chi connectivity index (χ1n) is 11.6. The summed E-state index contributed by atoms with van der Waals surface area (Å²) >= 11 is 0.825. The van der Waals surface area contributed by atoms with E-state index >= 15 is 0 Å². The van der Waals surface area contributed by atoms with Crippen molar-refractivity contribution in [3.05, 3.63) is 64.3 Å².